The number of nitrogens with two attached hydrogens (primary N) is 1. The van der Waals surface area contributed by atoms with E-state index in [1.165, 1.54) is 18.7 Å². The Labute approximate surface area is 130 Å². The van der Waals surface area contributed by atoms with E-state index in [-0.39, 0.29) is 15.5 Å². The van der Waals surface area contributed by atoms with Gasteiger partial charge in [-0.25, -0.2) is 24.0 Å². The van der Waals surface area contributed by atoms with E-state index >= 15 is 0 Å². The summed E-state index contributed by atoms with van der Waals surface area (Å²) in [5, 5.41) is 0. The number of nitrogens with one attached hydrogen (secondary N) is 2. The lowest BCUT2D eigenvalue weighted by molar-refractivity contribution is 0.395. The van der Waals surface area contributed by atoms with Crippen LogP contribution in [0.1, 0.15) is 32.1 Å². The van der Waals surface area contributed by atoms with E-state index < -0.39 is 10.0 Å². The van der Waals surface area contributed by atoms with Gasteiger partial charge < -0.3 is 5.43 Å². The van der Waals surface area contributed by atoms with Crippen molar-refractivity contribution < 1.29 is 8.42 Å². The van der Waals surface area contributed by atoms with Gasteiger partial charge in [0.1, 0.15) is 4.90 Å². The first-order valence-electron chi connectivity index (χ1n) is 6.99. The van der Waals surface area contributed by atoms with Crippen LogP contribution in [0.2, 0.25) is 0 Å². The van der Waals surface area contributed by atoms with Crippen molar-refractivity contribution >= 4 is 27.6 Å². The summed E-state index contributed by atoms with van der Waals surface area (Å²) in [6.45, 7) is 0.440. The zero-order chi connectivity index (χ0) is 15.3. The minimum atomic E-state index is -3.62. The Balaban J connectivity index is 2.14. The van der Waals surface area contributed by atoms with E-state index in [9.17, 15) is 8.42 Å². The van der Waals surface area contributed by atoms with Gasteiger partial charge in [-0.05, 0) is 31.2 Å². The highest BCUT2D eigenvalue weighted by Crippen LogP contribution is 2.38. The second kappa shape index (κ2) is 6.95. The maximum Gasteiger partial charge on any atom is 0.244 e. The molecular weight excluding hydrogens is 308 g/mol. The van der Waals surface area contributed by atoms with E-state index in [2.05, 4.69) is 21.4 Å². The van der Waals surface area contributed by atoms with Crippen molar-refractivity contribution in [1.82, 2.24) is 9.71 Å². The molecule has 1 aromatic heterocycles. The standard InChI is InChI=1S/C13H22N4O2S2/c1-20-13(7-3-2-4-8-13)10-16-21(18,19)11-6-5-9-15-12(11)17-14/h5-6,9,16H,2-4,7-8,10,14H2,1H3,(H,15,17). The molecule has 0 bridgehead atoms. The van der Waals surface area contributed by atoms with Crippen LogP contribution in [0.25, 0.3) is 0 Å². The van der Waals surface area contributed by atoms with Crippen molar-refractivity contribution in [2.45, 2.75) is 41.7 Å². The Morgan fingerprint density at radius 3 is 2.71 bits per heavy atom. The molecule has 0 radical (unpaired) electrons. The van der Waals surface area contributed by atoms with Crippen LogP contribution in [0.3, 0.4) is 0 Å². The average Bonchev–Trinajstić information content (AvgIpc) is 2.54. The number of pyridine rings is 1. The van der Waals surface area contributed by atoms with Gasteiger partial charge in [-0.2, -0.15) is 11.8 Å². The zero-order valence-electron chi connectivity index (χ0n) is 12.1. The Kier molecular flexibility index (Phi) is 5.48. The minimum Gasteiger partial charge on any atom is -0.307 e. The fourth-order valence-electron chi connectivity index (χ4n) is 2.67. The second-order valence-corrected chi connectivity index (χ2v) is 8.28. The average molecular weight is 330 g/mol. The molecule has 0 spiro atoms. The van der Waals surface area contributed by atoms with E-state index in [4.69, 9.17) is 5.84 Å². The largest absolute Gasteiger partial charge is 0.307 e. The first kappa shape index (κ1) is 16.5. The summed E-state index contributed by atoms with van der Waals surface area (Å²) in [4.78, 5) is 4.02. The van der Waals surface area contributed by atoms with Crippen LogP contribution in [0.4, 0.5) is 5.82 Å². The van der Waals surface area contributed by atoms with Crippen LogP contribution in [0, 0.1) is 0 Å². The van der Waals surface area contributed by atoms with Crippen molar-refractivity contribution in [3.8, 4) is 0 Å². The Hall–Kier alpha value is -0.830. The van der Waals surface area contributed by atoms with Crippen molar-refractivity contribution in [3.05, 3.63) is 18.3 Å². The summed E-state index contributed by atoms with van der Waals surface area (Å²) < 4.78 is 27.6. The van der Waals surface area contributed by atoms with Gasteiger partial charge in [-0.3, -0.25) is 0 Å². The lowest BCUT2D eigenvalue weighted by Gasteiger charge is -2.35. The normalized spacial score (nSPS) is 18.4. The molecule has 8 heteroatoms. The predicted molar refractivity (Wildman–Crippen MR) is 86.6 cm³/mol. The number of aromatic nitrogens is 1. The van der Waals surface area contributed by atoms with Gasteiger partial charge in [0.25, 0.3) is 0 Å². The van der Waals surface area contributed by atoms with Crippen LogP contribution >= 0.6 is 11.8 Å². The molecule has 1 aliphatic carbocycles. The topological polar surface area (TPSA) is 97.1 Å². The van der Waals surface area contributed by atoms with Crippen LogP contribution < -0.4 is 16.0 Å². The van der Waals surface area contributed by atoms with E-state index in [1.54, 1.807) is 17.8 Å². The quantitative estimate of drug-likeness (QED) is 0.543. The number of rotatable bonds is 6. The molecule has 0 amide bonds. The summed E-state index contributed by atoms with van der Waals surface area (Å²) in [6.07, 6.45) is 9.20. The van der Waals surface area contributed by atoms with Gasteiger partial charge in [0, 0.05) is 17.5 Å². The van der Waals surface area contributed by atoms with Crippen molar-refractivity contribution in [2.75, 3.05) is 18.2 Å². The third kappa shape index (κ3) is 3.88. The van der Waals surface area contributed by atoms with Crippen molar-refractivity contribution in [1.29, 1.82) is 0 Å². The lowest BCUT2D eigenvalue weighted by Crippen LogP contribution is -2.41. The van der Waals surface area contributed by atoms with Crippen LogP contribution in [-0.4, -0.2) is 30.9 Å². The maximum absolute atomic E-state index is 12.5. The van der Waals surface area contributed by atoms with Crippen LogP contribution in [0.5, 0.6) is 0 Å². The van der Waals surface area contributed by atoms with Crippen LogP contribution in [0.15, 0.2) is 23.2 Å². The SMILES string of the molecule is CSC1(CNS(=O)(=O)c2cccnc2NN)CCCCC1. The molecule has 118 valence electrons. The van der Waals surface area contributed by atoms with Crippen LogP contribution in [-0.2, 0) is 10.0 Å². The molecule has 0 unspecified atom stereocenters. The molecule has 4 N–H and O–H groups in total. The molecule has 2 rings (SSSR count). The van der Waals surface area contributed by atoms with Gasteiger partial charge in [0.05, 0.1) is 0 Å². The molecule has 1 aliphatic rings. The Bertz CT molecular complexity index is 571. The second-order valence-electron chi connectivity index (χ2n) is 5.27. The van der Waals surface area contributed by atoms with E-state index in [0.29, 0.717) is 6.54 Å². The molecule has 1 fully saturated rings. The summed E-state index contributed by atoms with van der Waals surface area (Å²) in [5.74, 6) is 5.49. The van der Waals surface area contributed by atoms with Gasteiger partial charge >= 0.3 is 0 Å². The molecule has 1 heterocycles. The molecular formula is C13H22N4O2S2. The summed E-state index contributed by atoms with van der Waals surface area (Å²) in [6, 6.07) is 3.08. The van der Waals surface area contributed by atoms with Crippen molar-refractivity contribution in [2.24, 2.45) is 5.84 Å². The number of thioether (sulfide) groups is 1. The van der Waals surface area contributed by atoms with E-state index in [1.807, 2.05) is 0 Å². The zero-order valence-corrected chi connectivity index (χ0v) is 13.8. The van der Waals surface area contributed by atoms with Gasteiger partial charge in [-0.15, -0.1) is 0 Å². The molecule has 1 saturated carbocycles. The molecule has 21 heavy (non-hydrogen) atoms. The predicted octanol–water partition coefficient (Wildman–Crippen LogP) is 1.71. The number of hydrogen-bond donors (Lipinski definition) is 3. The summed E-state index contributed by atoms with van der Waals surface area (Å²) in [7, 11) is -3.62. The van der Waals surface area contributed by atoms with Crippen molar-refractivity contribution in [3.63, 3.8) is 0 Å². The lowest BCUT2D eigenvalue weighted by atomic mass is 9.88. The molecule has 6 nitrogen and oxygen atoms in total. The maximum atomic E-state index is 12.5. The van der Waals surface area contributed by atoms with Gasteiger partial charge in [0.15, 0.2) is 5.82 Å². The highest BCUT2D eigenvalue weighted by atomic mass is 32.2. The molecule has 0 aromatic carbocycles. The first-order chi connectivity index (χ1) is 10.0. The third-order valence-corrected chi connectivity index (χ3v) is 6.83. The number of nitrogens with zero attached hydrogens (tertiary/aromatic N) is 1. The molecule has 1 aromatic rings. The Morgan fingerprint density at radius 2 is 2.10 bits per heavy atom. The number of anilines is 1. The van der Waals surface area contributed by atoms with Gasteiger partial charge in [-0.1, -0.05) is 19.3 Å². The molecule has 0 saturated heterocycles. The molecule has 0 atom stereocenters. The number of hydrogen-bond acceptors (Lipinski definition) is 6. The fourth-order valence-corrected chi connectivity index (χ4v) is 4.92. The smallest absolute Gasteiger partial charge is 0.244 e. The van der Waals surface area contributed by atoms with Gasteiger partial charge in [0.2, 0.25) is 10.0 Å². The first-order valence-corrected chi connectivity index (χ1v) is 9.70. The Morgan fingerprint density at radius 1 is 1.38 bits per heavy atom. The summed E-state index contributed by atoms with van der Waals surface area (Å²) in [5.41, 5.74) is 2.33. The molecule has 0 aliphatic heterocycles. The fraction of sp³-hybridized carbons (Fsp3) is 0.615. The number of sulfonamides is 1. The monoisotopic (exact) mass is 330 g/mol. The highest BCUT2D eigenvalue weighted by Gasteiger charge is 2.33. The third-order valence-electron chi connectivity index (χ3n) is 3.98. The highest BCUT2D eigenvalue weighted by molar-refractivity contribution is 8.00. The number of hydrazine groups is 1. The summed E-state index contributed by atoms with van der Waals surface area (Å²) >= 11 is 1.76. The van der Waals surface area contributed by atoms with E-state index in [0.717, 1.165) is 25.7 Å². The number of nitrogen functional groups attached to an aromatic ring is 1. The minimum absolute atomic E-state index is 0.00381.